The van der Waals surface area contributed by atoms with Gasteiger partial charge in [0.1, 0.15) is 11.8 Å². The van der Waals surface area contributed by atoms with E-state index in [0.29, 0.717) is 17.7 Å². The number of benzene rings is 3. The van der Waals surface area contributed by atoms with E-state index in [0.717, 1.165) is 5.56 Å². The molecule has 3 aromatic rings. The van der Waals surface area contributed by atoms with E-state index in [1.54, 1.807) is 49.4 Å². The molecule has 0 aliphatic carbocycles. The SMILES string of the molecule is COc1ccccc1NS(=O)(=O)c1cccc(C(=O)NNC(=O)[C@H](CC(C)C)NC(=O)c2ccccc2C)c1. The summed E-state index contributed by atoms with van der Waals surface area (Å²) in [6, 6.07) is 18.0. The number of aryl methyl sites for hydroxylation is 1. The molecule has 0 aliphatic rings. The number of nitrogens with one attached hydrogen (secondary N) is 4. The number of hydrogen-bond acceptors (Lipinski definition) is 6. The van der Waals surface area contributed by atoms with E-state index >= 15 is 0 Å². The lowest BCUT2D eigenvalue weighted by Crippen LogP contribution is -2.52. The van der Waals surface area contributed by atoms with E-state index in [-0.39, 0.29) is 22.1 Å². The molecule has 3 rings (SSSR count). The minimum Gasteiger partial charge on any atom is -0.495 e. The lowest BCUT2D eigenvalue weighted by atomic mass is 10.0. The molecule has 0 aromatic heterocycles. The van der Waals surface area contributed by atoms with Crippen LogP contribution in [0.2, 0.25) is 0 Å². The molecule has 0 bridgehead atoms. The first-order chi connectivity index (χ1) is 18.5. The van der Waals surface area contributed by atoms with Gasteiger partial charge in [0.15, 0.2) is 0 Å². The molecule has 0 saturated carbocycles. The number of amides is 3. The molecule has 0 unspecified atom stereocenters. The van der Waals surface area contributed by atoms with Crippen molar-refractivity contribution in [3.8, 4) is 5.75 Å². The summed E-state index contributed by atoms with van der Waals surface area (Å²) in [5.41, 5.74) is 6.09. The number of hydrazine groups is 1. The molecule has 0 saturated heterocycles. The van der Waals surface area contributed by atoms with E-state index in [1.165, 1.54) is 31.4 Å². The number of hydrogen-bond donors (Lipinski definition) is 4. The lowest BCUT2D eigenvalue weighted by molar-refractivity contribution is -0.124. The Balaban J connectivity index is 1.69. The van der Waals surface area contributed by atoms with E-state index in [4.69, 9.17) is 4.74 Å². The molecule has 1 atom stereocenters. The summed E-state index contributed by atoms with van der Waals surface area (Å²) >= 11 is 0. The van der Waals surface area contributed by atoms with Crippen molar-refractivity contribution in [2.45, 2.75) is 38.1 Å². The summed E-state index contributed by atoms with van der Waals surface area (Å²) in [5, 5.41) is 2.73. The van der Waals surface area contributed by atoms with Gasteiger partial charge in [-0.3, -0.25) is 30.0 Å². The van der Waals surface area contributed by atoms with E-state index < -0.39 is 33.8 Å². The van der Waals surface area contributed by atoms with Crippen molar-refractivity contribution in [1.29, 1.82) is 0 Å². The average Bonchev–Trinajstić information content (AvgIpc) is 2.91. The molecule has 10 nitrogen and oxygen atoms in total. The molecule has 39 heavy (non-hydrogen) atoms. The smallest absolute Gasteiger partial charge is 0.269 e. The molecule has 0 radical (unpaired) electrons. The van der Waals surface area contributed by atoms with Crippen LogP contribution in [0, 0.1) is 12.8 Å². The first kappa shape index (κ1) is 29.2. The number of methoxy groups -OCH3 is 1. The third-order valence-electron chi connectivity index (χ3n) is 5.78. The van der Waals surface area contributed by atoms with E-state index in [9.17, 15) is 22.8 Å². The van der Waals surface area contributed by atoms with Crippen molar-refractivity contribution in [1.82, 2.24) is 16.2 Å². The predicted molar refractivity (Wildman–Crippen MR) is 148 cm³/mol. The summed E-state index contributed by atoms with van der Waals surface area (Å²) in [6.45, 7) is 5.61. The second-order valence-electron chi connectivity index (χ2n) is 9.25. The fourth-order valence-corrected chi connectivity index (χ4v) is 4.90. The molecule has 4 N–H and O–H groups in total. The van der Waals surface area contributed by atoms with Crippen LogP contribution in [0.25, 0.3) is 0 Å². The first-order valence-corrected chi connectivity index (χ1v) is 13.7. The van der Waals surface area contributed by atoms with Crippen LogP contribution in [0.1, 0.15) is 46.5 Å². The summed E-state index contributed by atoms with van der Waals surface area (Å²) in [4.78, 5) is 38.3. The molecular formula is C28H32N4O6S. The number of carbonyl (C=O) groups excluding carboxylic acids is 3. The van der Waals surface area contributed by atoms with Gasteiger partial charge in [0.2, 0.25) is 0 Å². The minimum atomic E-state index is -4.05. The molecule has 11 heteroatoms. The Morgan fingerprint density at radius 2 is 1.56 bits per heavy atom. The Morgan fingerprint density at radius 3 is 2.26 bits per heavy atom. The Bertz CT molecular complexity index is 1460. The maximum absolute atomic E-state index is 12.9. The van der Waals surface area contributed by atoms with Crippen LogP contribution in [0.5, 0.6) is 5.75 Å². The van der Waals surface area contributed by atoms with Crippen LogP contribution in [0.15, 0.2) is 77.7 Å². The van der Waals surface area contributed by atoms with E-state index in [1.807, 2.05) is 19.9 Å². The maximum atomic E-state index is 12.9. The standard InChI is InChI=1S/C28H32N4O6S/c1-18(2)16-24(29-27(34)22-13-6-5-10-19(22)3)28(35)31-30-26(33)20-11-9-12-21(17-20)39(36,37)32-23-14-7-8-15-25(23)38-4/h5-15,17-18,24,32H,16H2,1-4H3,(H,29,34)(H,30,33)(H,31,35)/t24-/m0/s1. The quantitative estimate of drug-likeness (QED) is 0.284. The molecule has 3 amide bonds. The summed E-state index contributed by atoms with van der Waals surface area (Å²) in [5.74, 6) is -1.33. The number of sulfonamides is 1. The van der Waals surface area contributed by atoms with Crippen molar-refractivity contribution >= 4 is 33.4 Å². The Kier molecular flexibility index (Phi) is 9.67. The lowest BCUT2D eigenvalue weighted by Gasteiger charge is -2.21. The number of rotatable bonds is 10. The van der Waals surface area contributed by atoms with Gasteiger partial charge in [0.25, 0.3) is 27.7 Å². The highest BCUT2D eigenvalue weighted by Gasteiger charge is 2.24. The molecule has 0 aliphatic heterocycles. The summed E-state index contributed by atoms with van der Waals surface area (Å²) < 4.78 is 33.5. The van der Waals surface area contributed by atoms with Crippen molar-refractivity contribution in [3.63, 3.8) is 0 Å². The molecule has 206 valence electrons. The third-order valence-corrected chi connectivity index (χ3v) is 7.14. The zero-order chi connectivity index (χ0) is 28.6. The number of ether oxygens (including phenoxy) is 1. The van der Waals surface area contributed by atoms with Crippen molar-refractivity contribution in [2.75, 3.05) is 11.8 Å². The fourth-order valence-electron chi connectivity index (χ4n) is 3.78. The van der Waals surface area contributed by atoms with Gasteiger partial charge >= 0.3 is 0 Å². The van der Waals surface area contributed by atoms with E-state index in [2.05, 4.69) is 20.9 Å². The normalized spacial score (nSPS) is 11.8. The van der Waals surface area contributed by atoms with Gasteiger partial charge in [-0.25, -0.2) is 8.42 Å². The largest absolute Gasteiger partial charge is 0.495 e. The van der Waals surface area contributed by atoms with Gasteiger partial charge in [0, 0.05) is 11.1 Å². The second kappa shape index (κ2) is 12.9. The van der Waals surface area contributed by atoms with Crippen LogP contribution < -0.4 is 25.6 Å². The molecule has 0 fully saturated rings. The van der Waals surface area contributed by atoms with Crippen molar-refractivity contribution < 1.29 is 27.5 Å². The summed E-state index contributed by atoms with van der Waals surface area (Å²) in [7, 11) is -2.63. The monoisotopic (exact) mass is 552 g/mol. The predicted octanol–water partition coefficient (Wildman–Crippen LogP) is 3.41. The Morgan fingerprint density at radius 1 is 0.872 bits per heavy atom. The Labute approximate surface area is 228 Å². The average molecular weight is 553 g/mol. The van der Waals surface area contributed by atoms with Crippen molar-refractivity contribution in [3.05, 3.63) is 89.5 Å². The van der Waals surface area contributed by atoms with Gasteiger partial charge in [-0.1, -0.05) is 50.2 Å². The topological polar surface area (TPSA) is 143 Å². The fraction of sp³-hybridized carbons (Fsp3) is 0.250. The van der Waals surface area contributed by atoms with Crippen LogP contribution in [-0.2, 0) is 14.8 Å². The molecule has 0 spiro atoms. The number of para-hydroxylation sites is 2. The molecule has 0 heterocycles. The van der Waals surface area contributed by atoms with Gasteiger partial charge < -0.3 is 10.1 Å². The Hall–Kier alpha value is -4.38. The first-order valence-electron chi connectivity index (χ1n) is 12.2. The highest BCUT2D eigenvalue weighted by molar-refractivity contribution is 7.92. The van der Waals surface area contributed by atoms with Gasteiger partial charge in [-0.05, 0) is 61.2 Å². The van der Waals surface area contributed by atoms with Crippen LogP contribution in [0.3, 0.4) is 0 Å². The second-order valence-corrected chi connectivity index (χ2v) is 10.9. The highest BCUT2D eigenvalue weighted by Crippen LogP contribution is 2.26. The van der Waals surface area contributed by atoms with Gasteiger partial charge in [0.05, 0.1) is 17.7 Å². The summed E-state index contributed by atoms with van der Waals surface area (Å²) in [6.07, 6.45) is 0.335. The maximum Gasteiger partial charge on any atom is 0.269 e. The minimum absolute atomic E-state index is 0.00237. The van der Waals surface area contributed by atoms with Gasteiger partial charge in [-0.2, -0.15) is 0 Å². The number of anilines is 1. The molecular weight excluding hydrogens is 520 g/mol. The van der Waals surface area contributed by atoms with Crippen LogP contribution in [0.4, 0.5) is 5.69 Å². The number of carbonyl (C=O) groups is 3. The van der Waals surface area contributed by atoms with Crippen molar-refractivity contribution in [2.24, 2.45) is 5.92 Å². The van der Waals surface area contributed by atoms with Gasteiger partial charge in [-0.15, -0.1) is 0 Å². The zero-order valence-corrected chi connectivity index (χ0v) is 23.0. The zero-order valence-electron chi connectivity index (χ0n) is 22.1. The molecule has 3 aromatic carbocycles. The highest BCUT2D eigenvalue weighted by atomic mass is 32.2. The third kappa shape index (κ3) is 7.81. The van der Waals surface area contributed by atoms with Crippen LogP contribution >= 0.6 is 0 Å². The van der Waals surface area contributed by atoms with Crippen LogP contribution in [-0.4, -0.2) is 39.3 Å².